The van der Waals surface area contributed by atoms with E-state index in [4.69, 9.17) is 13.9 Å². The van der Waals surface area contributed by atoms with Crippen LogP contribution in [0, 0.1) is 12.3 Å². The van der Waals surface area contributed by atoms with Crippen LogP contribution in [0.25, 0.3) is 11.0 Å². The molecule has 1 heterocycles. The van der Waals surface area contributed by atoms with Gasteiger partial charge >= 0.3 is 17.7 Å². The second kappa shape index (κ2) is 16.8. The average Bonchev–Trinajstić information content (AvgIpc) is 3.13. The average molecular weight is 746 g/mol. The third-order valence-electron chi connectivity index (χ3n) is 9.08. The molecule has 5 aromatic rings. The zero-order chi connectivity index (χ0) is 39.8. The van der Waals surface area contributed by atoms with E-state index in [9.17, 15) is 24.0 Å². The molecular weight excluding hydrogens is 698 g/mol. The number of esters is 1. The van der Waals surface area contributed by atoms with Gasteiger partial charge in [0.15, 0.2) is 0 Å². The van der Waals surface area contributed by atoms with Gasteiger partial charge in [-0.05, 0) is 82.3 Å². The fourth-order valence-corrected chi connectivity index (χ4v) is 6.22. The second-order valence-electron chi connectivity index (χ2n) is 15.0. The van der Waals surface area contributed by atoms with Crippen LogP contribution in [-0.2, 0) is 24.7 Å². The van der Waals surface area contributed by atoms with Crippen LogP contribution in [0.2, 0.25) is 0 Å². The summed E-state index contributed by atoms with van der Waals surface area (Å²) < 4.78 is 16.4. The molecule has 0 unspecified atom stereocenters. The van der Waals surface area contributed by atoms with Gasteiger partial charge < -0.3 is 29.8 Å². The first kappa shape index (κ1) is 40.0. The molecule has 1 atom stereocenters. The number of rotatable bonds is 13. The normalized spacial score (nSPS) is 12.3. The standard InChI is InChI=1S/C44H47N3O8/c1-29-26-38(49)54-36-27-33(22-23-34(29)36)53-40(51)43(5,6)24-25-45-39(50)35(46-41(52)55-42(2,3)4)28-37(48)47-44(30-16-10-7-11-17-30,31-18-12-8-13-19-31)32-20-14-9-15-21-32/h7-23,26-27,35H,24-25,28H2,1-6H3,(H,45,50)(H,46,52)(H,47,48)/t35-/m1/s1. The van der Waals surface area contributed by atoms with Crippen molar-refractivity contribution in [3.8, 4) is 5.75 Å². The van der Waals surface area contributed by atoms with Gasteiger partial charge in [-0.25, -0.2) is 9.59 Å². The predicted molar refractivity (Wildman–Crippen MR) is 209 cm³/mol. The van der Waals surface area contributed by atoms with Crippen molar-refractivity contribution in [2.45, 2.75) is 71.6 Å². The molecule has 11 heteroatoms. The number of amides is 3. The van der Waals surface area contributed by atoms with Crippen molar-refractivity contribution in [2.24, 2.45) is 5.41 Å². The molecule has 0 aliphatic carbocycles. The summed E-state index contributed by atoms with van der Waals surface area (Å²) in [4.78, 5) is 66.1. The molecule has 0 fully saturated rings. The summed E-state index contributed by atoms with van der Waals surface area (Å²) >= 11 is 0. The van der Waals surface area contributed by atoms with Crippen LogP contribution in [-0.4, -0.2) is 42.1 Å². The van der Waals surface area contributed by atoms with E-state index in [0.29, 0.717) is 5.58 Å². The molecule has 11 nitrogen and oxygen atoms in total. The summed E-state index contributed by atoms with van der Waals surface area (Å²) in [6.45, 7) is 10.2. The van der Waals surface area contributed by atoms with E-state index in [1.807, 2.05) is 91.0 Å². The second-order valence-corrected chi connectivity index (χ2v) is 15.0. The first-order chi connectivity index (χ1) is 26.1. The van der Waals surface area contributed by atoms with Gasteiger partial charge in [0.1, 0.15) is 28.5 Å². The largest absolute Gasteiger partial charge is 0.444 e. The van der Waals surface area contributed by atoms with Gasteiger partial charge in [-0.3, -0.25) is 14.4 Å². The Bertz CT molecular complexity index is 2100. The molecule has 1 aromatic heterocycles. The van der Waals surface area contributed by atoms with Gasteiger partial charge in [0.2, 0.25) is 11.8 Å². The molecule has 4 aromatic carbocycles. The predicted octanol–water partition coefficient (Wildman–Crippen LogP) is 6.93. The van der Waals surface area contributed by atoms with Crippen molar-refractivity contribution in [3.05, 3.63) is 148 Å². The van der Waals surface area contributed by atoms with Crippen molar-refractivity contribution in [2.75, 3.05) is 6.54 Å². The Labute approximate surface area is 320 Å². The van der Waals surface area contributed by atoms with Crippen LogP contribution < -0.4 is 26.3 Å². The summed E-state index contributed by atoms with van der Waals surface area (Å²) in [5.41, 5.74) is -0.186. The van der Waals surface area contributed by atoms with Crippen molar-refractivity contribution >= 4 is 34.8 Å². The van der Waals surface area contributed by atoms with Gasteiger partial charge in [0.25, 0.3) is 0 Å². The number of alkyl carbamates (subject to hydrolysis) is 1. The molecule has 3 amide bonds. The van der Waals surface area contributed by atoms with E-state index >= 15 is 0 Å². The van der Waals surface area contributed by atoms with E-state index in [-0.39, 0.29) is 18.7 Å². The SMILES string of the molecule is Cc1cc(=O)oc2cc(OC(=O)C(C)(C)CCNC(=O)[C@@H](CC(=O)NC(c3ccccc3)(c3ccccc3)c3ccccc3)NC(=O)OC(C)(C)C)ccc12. The lowest BCUT2D eigenvalue weighted by molar-refractivity contribution is -0.144. The lowest BCUT2D eigenvalue weighted by atomic mass is 9.77. The van der Waals surface area contributed by atoms with Crippen LogP contribution in [0.4, 0.5) is 4.79 Å². The fourth-order valence-electron chi connectivity index (χ4n) is 6.22. The van der Waals surface area contributed by atoms with Crippen LogP contribution >= 0.6 is 0 Å². The highest BCUT2D eigenvalue weighted by Crippen LogP contribution is 2.37. The molecule has 0 aliphatic rings. The number of carbonyl (C=O) groups is 4. The number of hydrogen-bond donors (Lipinski definition) is 3. The van der Waals surface area contributed by atoms with E-state index in [1.54, 1.807) is 53.7 Å². The number of fused-ring (bicyclic) bond motifs is 1. The minimum Gasteiger partial charge on any atom is -0.444 e. The maximum absolute atomic E-state index is 14.2. The van der Waals surface area contributed by atoms with Crippen LogP contribution in [0.1, 0.15) is 69.7 Å². The van der Waals surface area contributed by atoms with E-state index in [2.05, 4.69) is 16.0 Å². The maximum Gasteiger partial charge on any atom is 0.408 e. The van der Waals surface area contributed by atoms with Gasteiger partial charge in [-0.1, -0.05) is 91.0 Å². The van der Waals surface area contributed by atoms with E-state index < -0.39 is 58.5 Å². The molecule has 0 saturated carbocycles. The minimum absolute atomic E-state index is 0.0167. The molecule has 5 rings (SSSR count). The quantitative estimate of drug-likeness (QED) is 0.0508. The highest BCUT2D eigenvalue weighted by atomic mass is 16.6. The Kier molecular flexibility index (Phi) is 12.2. The summed E-state index contributed by atoms with van der Waals surface area (Å²) in [6.07, 6.45) is -1.14. The summed E-state index contributed by atoms with van der Waals surface area (Å²) in [5, 5.41) is 9.30. The molecule has 0 spiro atoms. The van der Waals surface area contributed by atoms with Crippen LogP contribution in [0.3, 0.4) is 0 Å². The van der Waals surface area contributed by atoms with Crippen molar-refractivity contribution < 1.29 is 33.1 Å². The third-order valence-corrected chi connectivity index (χ3v) is 9.08. The molecule has 0 bridgehead atoms. The van der Waals surface area contributed by atoms with E-state index in [0.717, 1.165) is 27.6 Å². The third kappa shape index (κ3) is 10.1. The molecule has 0 radical (unpaired) electrons. The Balaban J connectivity index is 1.33. The van der Waals surface area contributed by atoms with Crippen molar-refractivity contribution in [1.82, 2.24) is 16.0 Å². The summed E-state index contributed by atoms with van der Waals surface area (Å²) in [5.74, 6) is -1.53. The van der Waals surface area contributed by atoms with E-state index in [1.165, 1.54) is 12.1 Å². The number of hydrogen-bond acceptors (Lipinski definition) is 8. The Morgan fingerprint density at radius 2 is 1.29 bits per heavy atom. The summed E-state index contributed by atoms with van der Waals surface area (Å²) in [6, 6.07) is 33.4. The monoisotopic (exact) mass is 745 g/mol. The number of nitrogens with one attached hydrogen (secondary N) is 3. The molecule has 55 heavy (non-hydrogen) atoms. The van der Waals surface area contributed by atoms with Crippen molar-refractivity contribution in [1.29, 1.82) is 0 Å². The van der Waals surface area contributed by atoms with Gasteiger partial charge in [-0.15, -0.1) is 0 Å². The van der Waals surface area contributed by atoms with Gasteiger partial charge in [-0.2, -0.15) is 0 Å². The molecular formula is C44H47N3O8. The Morgan fingerprint density at radius 1 is 0.745 bits per heavy atom. The first-order valence-corrected chi connectivity index (χ1v) is 18.1. The van der Waals surface area contributed by atoms with Crippen LogP contribution in [0.15, 0.2) is 124 Å². The number of benzene rings is 4. The smallest absolute Gasteiger partial charge is 0.408 e. The Morgan fingerprint density at radius 3 is 1.82 bits per heavy atom. The fraction of sp³-hybridized carbons (Fsp3) is 0.295. The zero-order valence-corrected chi connectivity index (χ0v) is 31.9. The molecule has 3 N–H and O–H groups in total. The summed E-state index contributed by atoms with van der Waals surface area (Å²) in [7, 11) is 0. The highest BCUT2D eigenvalue weighted by Gasteiger charge is 2.39. The van der Waals surface area contributed by atoms with Crippen molar-refractivity contribution in [3.63, 3.8) is 0 Å². The first-order valence-electron chi connectivity index (χ1n) is 18.1. The highest BCUT2D eigenvalue weighted by molar-refractivity contribution is 5.91. The lowest BCUT2D eigenvalue weighted by Crippen LogP contribution is -2.53. The van der Waals surface area contributed by atoms with Gasteiger partial charge in [0.05, 0.1) is 11.8 Å². The number of aryl methyl sites for hydroxylation is 1. The Hall–Kier alpha value is -6.23. The maximum atomic E-state index is 14.2. The lowest BCUT2D eigenvalue weighted by Gasteiger charge is -2.37. The minimum atomic E-state index is -1.33. The number of ether oxygens (including phenoxy) is 2. The van der Waals surface area contributed by atoms with Crippen LogP contribution in [0.5, 0.6) is 5.75 Å². The zero-order valence-electron chi connectivity index (χ0n) is 31.9. The molecule has 0 saturated heterocycles. The molecule has 0 aliphatic heterocycles. The van der Waals surface area contributed by atoms with Gasteiger partial charge in [0, 0.05) is 24.1 Å². The molecule has 286 valence electrons. The number of carbonyl (C=O) groups excluding carboxylic acids is 4. The topological polar surface area (TPSA) is 153 Å².